The highest BCUT2D eigenvalue weighted by molar-refractivity contribution is 5.81. The smallest absolute Gasteiger partial charge is 0.0840 e. The molecule has 54 valence electrons. The Morgan fingerprint density at radius 1 is 1.36 bits per heavy atom. The Hall–Kier alpha value is -1.57. The fourth-order valence-electron chi connectivity index (χ4n) is 0.763. The zero-order valence-electron chi connectivity index (χ0n) is 11.5. The predicted molar refractivity (Wildman–Crippen MR) is 46.2 cm³/mol. The molecular weight excluding hydrogens is 136 g/mol. The van der Waals surface area contributed by atoms with E-state index < -0.39 is 12.2 Å². The van der Waals surface area contributed by atoms with E-state index in [-0.39, 0.29) is 40.8 Å². The third-order valence-corrected chi connectivity index (χ3v) is 1.22. The number of pyridine rings is 1. The van der Waals surface area contributed by atoms with Crippen molar-refractivity contribution in [3.05, 3.63) is 36.4 Å². The maximum Gasteiger partial charge on any atom is 0.0840 e. The van der Waals surface area contributed by atoms with Crippen LogP contribution in [0.25, 0.3) is 10.9 Å². The zero-order valence-corrected chi connectivity index (χ0v) is 5.52. The van der Waals surface area contributed by atoms with Gasteiger partial charge in [0.25, 0.3) is 0 Å². The van der Waals surface area contributed by atoms with E-state index in [1.54, 1.807) is 0 Å². The summed E-state index contributed by atoms with van der Waals surface area (Å²) in [4.78, 5) is 3.67. The molecule has 2 nitrogen and oxygen atoms in total. The van der Waals surface area contributed by atoms with Crippen molar-refractivity contribution in [2.45, 2.75) is 0 Å². The van der Waals surface area contributed by atoms with Gasteiger partial charge in [-0.15, -0.1) is 0 Å². The summed E-state index contributed by atoms with van der Waals surface area (Å²) in [5.74, 6) is 0. The first-order chi connectivity index (χ1) is 7.86. The van der Waals surface area contributed by atoms with Gasteiger partial charge in [-0.2, -0.15) is 0 Å². The highest BCUT2D eigenvalue weighted by Crippen LogP contribution is 2.13. The summed E-state index contributed by atoms with van der Waals surface area (Å²) in [5, 5.41) is -0.0514. The average Bonchev–Trinajstić information content (AvgIpc) is 2.30. The lowest BCUT2D eigenvalue weighted by Gasteiger charge is -1.96. The Morgan fingerprint density at radius 3 is 3.18 bits per heavy atom. The summed E-state index contributed by atoms with van der Waals surface area (Å²) in [6.07, 6.45) is -0.445. The van der Waals surface area contributed by atoms with Crippen LogP contribution in [0.15, 0.2) is 36.4 Å². The molecule has 2 N–H and O–H groups in total. The van der Waals surface area contributed by atoms with Crippen LogP contribution < -0.4 is 5.73 Å². The van der Waals surface area contributed by atoms with Crippen LogP contribution in [0.2, 0.25) is 0 Å². The van der Waals surface area contributed by atoms with Crippen molar-refractivity contribution in [1.82, 2.24) is 4.98 Å². The van der Waals surface area contributed by atoms with Crippen LogP contribution in [0.3, 0.4) is 0 Å². The monoisotopic (exact) mass is 150 g/mol. The lowest BCUT2D eigenvalue weighted by atomic mass is 10.2. The van der Waals surface area contributed by atoms with E-state index in [9.17, 15) is 0 Å². The topological polar surface area (TPSA) is 38.9 Å². The number of aromatic nitrogens is 1. The second-order valence-corrected chi connectivity index (χ2v) is 1.99. The van der Waals surface area contributed by atoms with E-state index in [0.29, 0.717) is 0 Å². The van der Waals surface area contributed by atoms with Gasteiger partial charge >= 0.3 is 0 Å². The molecule has 1 aromatic heterocycles. The quantitative estimate of drug-likeness (QED) is 0.582. The molecule has 2 rings (SSSR count). The van der Waals surface area contributed by atoms with Crippen molar-refractivity contribution >= 4 is 16.6 Å². The van der Waals surface area contributed by atoms with E-state index in [2.05, 4.69) is 4.98 Å². The van der Waals surface area contributed by atoms with Crippen LogP contribution in [-0.4, -0.2) is 4.98 Å². The summed E-state index contributed by atoms with van der Waals surface area (Å²) in [5.41, 5.74) is 5.18. The first-order valence-electron chi connectivity index (χ1n) is 5.99. The van der Waals surface area contributed by atoms with Crippen LogP contribution in [0.1, 0.15) is 8.22 Å². The minimum Gasteiger partial charge on any atom is -0.399 e. The maximum absolute atomic E-state index is 7.70. The number of fused-ring (bicyclic) bond motifs is 1. The van der Waals surface area contributed by atoms with E-state index in [1.807, 2.05) is 0 Å². The third kappa shape index (κ3) is 1.03. The third-order valence-electron chi connectivity index (χ3n) is 1.22. The van der Waals surface area contributed by atoms with Gasteiger partial charge in [0.1, 0.15) is 0 Å². The molecule has 0 unspecified atom stereocenters. The van der Waals surface area contributed by atoms with E-state index >= 15 is 0 Å². The number of nitrogen functional groups attached to an aromatic ring is 1. The second-order valence-electron chi connectivity index (χ2n) is 1.99. The normalized spacial score (nSPS) is 17.8. The highest BCUT2D eigenvalue weighted by Gasteiger charge is 1.91. The van der Waals surface area contributed by atoms with Gasteiger partial charge in [-0.05, 0) is 24.2 Å². The Bertz CT molecular complexity index is 631. The van der Waals surface area contributed by atoms with Crippen LogP contribution in [0.5, 0.6) is 0 Å². The molecule has 2 heteroatoms. The summed E-state index contributed by atoms with van der Waals surface area (Å²) < 4.78 is 45.4. The van der Waals surface area contributed by atoms with Gasteiger partial charge in [0.2, 0.25) is 0 Å². The fraction of sp³-hybridized carbons (Fsp3) is 0. The molecule has 0 aliphatic carbocycles. The van der Waals surface area contributed by atoms with Gasteiger partial charge in [-0.1, -0.05) is 6.04 Å². The van der Waals surface area contributed by atoms with Crippen molar-refractivity contribution in [3.8, 4) is 0 Å². The van der Waals surface area contributed by atoms with Crippen LogP contribution in [0.4, 0.5) is 5.69 Å². The van der Waals surface area contributed by atoms with Crippen molar-refractivity contribution in [2.75, 3.05) is 5.73 Å². The lowest BCUT2D eigenvalue weighted by Crippen LogP contribution is -1.84. The van der Waals surface area contributed by atoms with Gasteiger partial charge < -0.3 is 5.73 Å². The first-order valence-corrected chi connectivity index (χ1v) is 2.99. The Labute approximate surface area is 73.1 Å². The molecule has 0 saturated carbocycles. The number of hydrogen-bond donors (Lipinski definition) is 1. The van der Waals surface area contributed by atoms with Crippen LogP contribution in [-0.2, 0) is 0 Å². The van der Waals surface area contributed by atoms with Gasteiger partial charge in [-0.3, -0.25) is 4.98 Å². The van der Waals surface area contributed by atoms with Crippen LogP contribution >= 0.6 is 0 Å². The molecule has 0 amide bonds. The number of nitrogens with two attached hydrogens (primary N) is 1. The van der Waals surface area contributed by atoms with E-state index in [1.165, 1.54) is 0 Å². The number of rotatable bonds is 0. The summed E-state index contributed by atoms with van der Waals surface area (Å²) >= 11 is 0. The number of nitrogens with zero attached hydrogens (tertiary/aromatic N) is 1. The first kappa shape index (κ1) is 2.48. The lowest BCUT2D eigenvalue weighted by molar-refractivity contribution is 1.41. The molecule has 0 spiro atoms. The Balaban J connectivity index is 3.12. The minimum atomic E-state index is -0.445. The summed E-state index contributed by atoms with van der Waals surface area (Å²) in [7, 11) is 0. The molecule has 2 aromatic rings. The molecule has 1 aromatic carbocycles. The van der Waals surface area contributed by atoms with E-state index in [0.717, 1.165) is 0 Å². The molecule has 0 aliphatic heterocycles. The molecule has 11 heavy (non-hydrogen) atoms. The SMILES string of the molecule is [2H]c1nc2c([2H])c([2H])c(N)c([2H])c2c([2H])c1[2H]. The molecule has 0 bridgehead atoms. The van der Waals surface area contributed by atoms with Crippen molar-refractivity contribution < 1.29 is 8.22 Å². The van der Waals surface area contributed by atoms with Gasteiger partial charge in [-0.25, -0.2) is 0 Å². The standard InChI is InChI=1S/C9H8N2/c10-8-3-4-9-7(6-8)2-1-5-11-9/h1-6H,10H2/i1D,2D,3D,4D,5D,6D. The largest absolute Gasteiger partial charge is 0.399 e. The summed E-state index contributed by atoms with van der Waals surface area (Å²) in [6, 6.07) is -1.72. The molecule has 0 fully saturated rings. The second kappa shape index (κ2) is 2.23. The predicted octanol–water partition coefficient (Wildman–Crippen LogP) is 1.82. The van der Waals surface area contributed by atoms with Crippen molar-refractivity contribution in [2.24, 2.45) is 0 Å². The molecule has 0 atom stereocenters. The minimum absolute atomic E-state index is 0.0514. The number of benzene rings is 1. The van der Waals surface area contributed by atoms with Crippen molar-refractivity contribution in [3.63, 3.8) is 0 Å². The highest BCUT2D eigenvalue weighted by atomic mass is 14.6. The molecule has 0 saturated heterocycles. The number of anilines is 1. The fourth-order valence-corrected chi connectivity index (χ4v) is 0.763. The Morgan fingerprint density at radius 2 is 2.27 bits per heavy atom. The van der Waals surface area contributed by atoms with E-state index in [4.69, 9.17) is 14.0 Å². The molecule has 0 radical (unpaired) electrons. The molecule has 1 heterocycles. The number of hydrogen-bond acceptors (Lipinski definition) is 2. The zero-order chi connectivity index (χ0) is 12.9. The Kier molecular flexibility index (Phi) is 0.504. The molecular formula is C9H8N2. The van der Waals surface area contributed by atoms with Gasteiger partial charge in [0.15, 0.2) is 0 Å². The van der Waals surface area contributed by atoms with Crippen molar-refractivity contribution in [1.29, 1.82) is 0 Å². The van der Waals surface area contributed by atoms with Gasteiger partial charge in [0, 0.05) is 17.2 Å². The van der Waals surface area contributed by atoms with Gasteiger partial charge in [0.05, 0.1) is 13.7 Å². The maximum atomic E-state index is 7.70. The average molecular weight is 150 g/mol. The summed E-state index contributed by atoms with van der Waals surface area (Å²) in [6.45, 7) is 0. The van der Waals surface area contributed by atoms with Crippen LogP contribution in [0, 0.1) is 0 Å². The molecule has 0 aliphatic rings.